The van der Waals surface area contributed by atoms with Gasteiger partial charge in [0.05, 0.1) is 44.1 Å². The molecule has 0 fully saturated rings. The van der Waals surface area contributed by atoms with E-state index in [2.05, 4.69) is 261 Å². The quantitative estimate of drug-likeness (QED) is 0.122. The summed E-state index contributed by atoms with van der Waals surface area (Å²) in [4.78, 5) is 89.7. The number of hydrogen-bond acceptors (Lipinski definition) is 18. The molecule has 0 atom stereocenters. The first-order valence-corrected chi connectivity index (χ1v) is 45.2. The molecule has 0 spiro atoms. The average molecular weight is 1770 g/mol. The van der Waals surface area contributed by atoms with Crippen molar-refractivity contribution in [3.63, 3.8) is 0 Å². The average Bonchev–Trinajstić information content (AvgIpc) is 1.63. The molecule has 0 aliphatic rings. The van der Waals surface area contributed by atoms with Crippen molar-refractivity contribution >= 4 is 197 Å². The molecule has 12 aromatic carbocycles. The molecule has 18 aromatic heterocycles. The first kappa shape index (κ1) is 77.2. The van der Waals surface area contributed by atoms with E-state index in [1.54, 1.807) is 37.2 Å². The number of pyridine rings is 9. The van der Waals surface area contributed by atoms with E-state index in [0.29, 0.717) is 58.9 Å². The summed E-state index contributed by atoms with van der Waals surface area (Å²) in [5.41, 5.74) is 14.5. The number of fused-ring (bicyclic) bond motifs is 27. The zero-order valence-electron chi connectivity index (χ0n) is 72.8. The van der Waals surface area contributed by atoms with Gasteiger partial charge in [0.1, 0.15) is 39.6 Å². The molecule has 30 rings (SSSR count). The summed E-state index contributed by atoms with van der Waals surface area (Å²) in [6.45, 7) is 0. The highest BCUT2D eigenvalue weighted by Gasteiger charge is 2.28. The molecule has 30 aromatic rings. The normalized spacial score (nSPS) is 11.9. The Balaban J connectivity index is 0.000000102. The fraction of sp³-hybridized carbons (Fsp3) is 0. The van der Waals surface area contributed by atoms with Gasteiger partial charge in [-0.25, -0.2) is 48.6 Å². The first-order valence-electron chi connectivity index (χ1n) is 45.2. The van der Waals surface area contributed by atoms with Gasteiger partial charge in [-0.1, -0.05) is 224 Å². The fourth-order valence-electron chi connectivity index (χ4n) is 20.1. The summed E-state index contributed by atoms with van der Waals surface area (Å²) in [5, 5.41) is 23.5. The highest BCUT2D eigenvalue weighted by molar-refractivity contribution is 6.16. The third-order valence-corrected chi connectivity index (χ3v) is 26.2. The molecule has 0 unspecified atom stereocenters. The van der Waals surface area contributed by atoms with Gasteiger partial charge >= 0.3 is 0 Å². The van der Waals surface area contributed by atoms with Crippen molar-refractivity contribution in [2.45, 2.75) is 0 Å². The van der Waals surface area contributed by atoms with Crippen LogP contribution < -0.4 is 0 Å². The van der Waals surface area contributed by atoms with Gasteiger partial charge in [0.2, 0.25) is 35.7 Å². The van der Waals surface area contributed by atoms with Crippen LogP contribution in [0.4, 0.5) is 0 Å². The molecule has 24 heteroatoms. The summed E-state index contributed by atoms with van der Waals surface area (Å²) in [5.74, 6) is 4.23. The Labute approximate surface area is 780 Å². The van der Waals surface area contributed by atoms with Crippen molar-refractivity contribution in [2.24, 2.45) is 0 Å². The van der Waals surface area contributed by atoms with Crippen LogP contribution in [0, 0.1) is 0 Å². The highest BCUT2D eigenvalue weighted by atomic mass is 15.3. The van der Waals surface area contributed by atoms with Crippen molar-refractivity contribution in [3.8, 4) is 70.0 Å². The maximum atomic E-state index is 5.19. The second kappa shape index (κ2) is 31.0. The van der Waals surface area contributed by atoms with Gasteiger partial charge in [-0.2, -0.15) is 44.9 Å². The van der Waals surface area contributed by atoms with E-state index in [4.69, 9.17) is 84.7 Å². The summed E-state index contributed by atoms with van der Waals surface area (Å²) in [6, 6.07) is 118. The molecule has 18 heterocycles. The Morgan fingerprint density at radius 2 is 0.464 bits per heavy atom. The molecule has 642 valence electrons. The SMILES string of the molecule is c1ccc2c(c1)ccc1c(-c3nc(-n4c5ccccc5c5ccccc54)nc(-n4c5ncccc5c5cccnc54)n3)cncc12.c1ccc2c(c1)ccc1cc(-c3nc(-n4c5ccccc5c5ccccc54)nc(-n4c5ncccc5c5cccnc54)n3)cnc12.c1ccc2c(c1)ccc1ccc(-c3nc(-n4c5ccccc5c5ccccc54)nc(-n4c5ncccc5c5cccnc54)n3)nc12. The molecule has 0 bridgehead atoms. The number of benzene rings is 12. The standard InChI is InChI=1S/3C38H22N8/c1-2-10-25-23(9-1)17-18-24-19-20-30(41-33(24)25)34-42-37(45-31-15-5-3-11-26(31)27-12-4-6-16-32(27)45)44-38(43-34)46-35-28(13-7-21-39-35)29-14-8-22-40-36(29)46;1-2-10-26-23(9-1)17-18-24-21-25(22-41-33(24)26)34-42-37(45-31-15-5-3-11-27(31)28-12-4-6-16-32(28)45)44-38(43-34)46-35-29(13-7-19-39-35)30-14-8-20-40-36(30)46;1-2-10-24-23(9-1)17-18-25-30(24)21-39-22-31(25)34-42-37(45-32-15-5-3-11-26(32)27-12-4-6-16-33(27)45)44-38(43-34)46-35-28(13-7-19-40-35)29-14-8-20-41-36(29)46/h3*1-22H. The molecule has 0 radical (unpaired) electrons. The molecular weight excluding hydrogens is 1710 g/mol. The van der Waals surface area contributed by atoms with E-state index < -0.39 is 0 Å². The summed E-state index contributed by atoms with van der Waals surface area (Å²) in [7, 11) is 0. The minimum Gasteiger partial charge on any atom is -0.278 e. The van der Waals surface area contributed by atoms with Crippen LogP contribution >= 0.6 is 0 Å². The number of para-hydroxylation sites is 6. The number of hydrogen-bond donors (Lipinski definition) is 0. The van der Waals surface area contributed by atoms with Gasteiger partial charge in [-0.3, -0.25) is 23.7 Å². The third-order valence-electron chi connectivity index (χ3n) is 26.2. The topological polar surface area (TPSA) is 262 Å². The van der Waals surface area contributed by atoms with Crippen molar-refractivity contribution in [2.75, 3.05) is 0 Å². The van der Waals surface area contributed by atoms with Crippen LogP contribution in [0.1, 0.15) is 0 Å². The van der Waals surface area contributed by atoms with Gasteiger partial charge in [0.25, 0.3) is 0 Å². The Hall–Kier alpha value is -19.6. The van der Waals surface area contributed by atoms with E-state index in [-0.39, 0.29) is 0 Å². The van der Waals surface area contributed by atoms with E-state index in [9.17, 15) is 0 Å². The Morgan fingerprint density at radius 3 is 0.862 bits per heavy atom. The zero-order valence-corrected chi connectivity index (χ0v) is 72.8. The molecular formula is C114H66N24. The number of aromatic nitrogens is 24. The predicted octanol–water partition coefficient (Wildman–Crippen LogP) is 24.7. The lowest BCUT2D eigenvalue weighted by Gasteiger charge is -2.13. The van der Waals surface area contributed by atoms with E-state index >= 15 is 0 Å². The molecule has 138 heavy (non-hydrogen) atoms. The molecule has 0 saturated carbocycles. The van der Waals surface area contributed by atoms with Crippen LogP contribution in [0.25, 0.3) is 266 Å². The van der Waals surface area contributed by atoms with Crippen LogP contribution in [0.15, 0.2) is 402 Å². The lowest BCUT2D eigenvalue weighted by Crippen LogP contribution is -2.11. The van der Waals surface area contributed by atoms with Crippen LogP contribution in [-0.2, 0) is 0 Å². The van der Waals surface area contributed by atoms with Crippen LogP contribution in [0.2, 0.25) is 0 Å². The molecule has 0 saturated heterocycles. The maximum absolute atomic E-state index is 5.19. The van der Waals surface area contributed by atoms with E-state index in [1.807, 2.05) is 135 Å². The van der Waals surface area contributed by atoms with Crippen LogP contribution in [-0.4, -0.2) is 117 Å². The zero-order chi connectivity index (χ0) is 90.6. The lowest BCUT2D eigenvalue weighted by molar-refractivity contribution is 0.880. The number of nitrogens with zero attached hydrogens (tertiary/aromatic N) is 24. The van der Waals surface area contributed by atoms with Gasteiger partial charge in [0, 0.05) is 158 Å². The largest absolute Gasteiger partial charge is 0.278 e. The van der Waals surface area contributed by atoms with Crippen molar-refractivity contribution < 1.29 is 0 Å². The summed E-state index contributed by atoms with van der Waals surface area (Å²) >= 11 is 0. The van der Waals surface area contributed by atoms with Crippen molar-refractivity contribution in [1.29, 1.82) is 0 Å². The summed E-state index contributed by atoms with van der Waals surface area (Å²) in [6.07, 6.45) is 16.3. The smallest absolute Gasteiger partial charge is 0.242 e. The Bertz CT molecular complexity index is 9590. The van der Waals surface area contributed by atoms with E-state index in [1.165, 1.54) is 0 Å². The third kappa shape index (κ3) is 12.2. The number of rotatable bonds is 9. The second-order valence-electron chi connectivity index (χ2n) is 33.8. The molecule has 0 aliphatic carbocycles. The molecule has 24 nitrogen and oxygen atoms in total. The van der Waals surface area contributed by atoms with Gasteiger partial charge in [-0.05, 0) is 148 Å². The van der Waals surface area contributed by atoms with Gasteiger partial charge in [-0.15, -0.1) is 0 Å². The minimum atomic E-state index is 0.416. The van der Waals surface area contributed by atoms with E-state index in [0.717, 1.165) is 208 Å². The maximum Gasteiger partial charge on any atom is 0.242 e. The van der Waals surface area contributed by atoms with Crippen molar-refractivity contribution in [1.82, 2.24) is 117 Å². The molecule has 0 aliphatic heterocycles. The predicted molar refractivity (Wildman–Crippen MR) is 547 cm³/mol. The summed E-state index contributed by atoms with van der Waals surface area (Å²) < 4.78 is 12.1. The van der Waals surface area contributed by atoms with Crippen LogP contribution in [0.5, 0.6) is 0 Å². The van der Waals surface area contributed by atoms with Crippen LogP contribution in [0.3, 0.4) is 0 Å². The second-order valence-corrected chi connectivity index (χ2v) is 33.8. The minimum absolute atomic E-state index is 0.416. The van der Waals surface area contributed by atoms with Gasteiger partial charge in [0.15, 0.2) is 17.5 Å². The lowest BCUT2D eigenvalue weighted by atomic mass is 10.0. The Morgan fingerprint density at radius 1 is 0.167 bits per heavy atom. The van der Waals surface area contributed by atoms with Crippen molar-refractivity contribution in [3.05, 3.63) is 402 Å². The molecule has 0 N–H and O–H groups in total. The Kier molecular flexibility index (Phi) is 17.3. The molecule has 0 amide bonds. The first-order chi connectivity index (χ1) is 68.5. The monoisotopic (exact) mass is 1770 g/mol. The fourth-order valence-corrected chi connectivity index (χ4v) is 20.1. The van der Waals surface area contributed by atoms with Gasteiger partial charge < -0.3 is 0 Å². The highest BCUT2D eigenvalue weighted by Crippen LogP contribution is 2.42.